The van der Waals surface area contributed by atoms with E-state index in [0.29, 0.717) is 19.1 Å². The van der Waals surface area contributed by atoms with Crippen LogP contribution in [0.25, 0.3) is 0 Å². The van der Waals surface area contributed by atoms with Crippen LogP contribution in [0.3, 0.4) is 0 Å². The van der Waals surface area contributed by atoms with E-state index in [-0.39, 0.29) is 10.2 Å². The van der Waals surface area contributed by atoms with Crippen molar-refractivity contribution in [3.8, 4) is 0 Å². The van der Waals surface area contributed by atoms with Crippen molar-refractivity contribution in [2.24, 2.45) is 0 Å². The first-order valence-electron chi connectivity index (χ1n) is 6.29. The van der Waals surface area contributed by atoms with Crippen molar-refractivity contribution in [1.29, 1.82) is 0 Å². The molecule has 19 heavy (non-hydrogen) atoms. The highest BCUT2D eigenvalue weighted by Gasteiger charge is 2.36. The SMILES string of the molecule is O=S(=O)(c1cnc(Cl)nc1)N1CCN2CCCC2C1. The standard InChI is InChI=1S/C11H15ClN4O2S/c12-11-13-6-10(7-14-11)19(17,18)16-5-4-15-3-1-2-9(15)8-16/h6-7,9H,1-5,8H2. The van der Waals surface area contributed by atoms with E-state index in [1.165, 1.54) is 16.7 Å². The summed E-state index contributed by atoms with van der Waals surface area (Å²) in [6.07, 6.45) is 4.77. The lowest BCUT2D eigenvalue weighted by atomic mass is 10.2. The smallest absolute Gasteiger partial charge is 0.246 e. The van der Waals surface area contributed by atoms with Gasteiger partial charge in [0.2, 0.25) is 15.3 Å². The molecule has 3 rings (SSSR count). The van der Waals surface area contributed by atoms with Crippen molar-refractivity contribution < 1.29 is 8.42 Å². The second kappa shape index (κ2) is 4.97. The van der Waals surface area contributed by atoms with Crippen LogP contribution >= 0.6 is 11.6 Å². The minimum atomic E-state index is -3.49. The number of fused-ring (bicyclic) bond motifs is 1. The van der Waals surface area contributed by atoms with Gasteiger partial charge in [-0.1, -0.05) is 0 Å². The third-order valence-electron chi connectivity index (χ3n) is 3.78. The van der Waals surface area contributed by atoms with Gasteiger partial charge in [-0.05, 0) is 31.0 Å². The van der Waals surface area contributed by atoms with Gasteiger partial charge in [-0.25, -0.2) is 18.4 Å². The van der Waals surface area contributed by atoms with E-state index in [9.17, 15) is 8.42 Å². The third-order valence-corrected chi connectivity index (χ3v) is 5.80. The van der Waals surface area contributed by atoms with Gasteiger partial charge in [0.25, 0.3) is 0 Å². The van der Waals surface area contributed by atoms with Crippen LogP contribution in [0.15, 0.2) is 17.3 Å². The van der Waals surface area contributed by atoms with E-state index in [4.69, 9.17) is 11.6 Å². The molecule has 1 atom stereocenters. The summed E-state index contributed by atoms with van der Waals surface area (Å²) in [6.45, 7) is 2.98. The molecule has 0 bridgehead atoms. The van der Waals surface area contributed by atoms with E-state index < -0.39 is 10.0 Å². The number of nitrogens with zero attached hydrogens (tertiary/aromatic N) is 4. The molecule has 1 aromatic rings. The average molecular weight is 303 g/mol. The Bertz CT molecular complexity index is 563. The van der Waals surface area contributed by atoms with Crippen molar-refractivity contribution in [1.82, 2.24) is 19.2 Å². The van der Waals surface area contributed by atoms with Gasteiger partial charge in [-0.2, -0.15) is 4.31 Å². The van der Waals surface area contributed by atoms with Crippen LogP contribution in [0.4, 0.5) is 0 Å². The molecule has 2 aliphatic heterocycles. The van der Waals surface area contributed by atoms with Gasteiger partial charge in [0, 0.05) is 25.7 Å². The second-order valence-electron chi connectivity index (χ2n) is 4.88. The highest BCUT2D eigenvalue weighted by atomic mass is 35.5. The summed E-state index contributed by atoms with van der Waals surface area (Å²) in [5.41, 5.74) is 0. The van der Waals surface area contributed by atoms with Gasteiger partial charge in [-0.3, -0.25) is 4.90 Å². The first-order chi connectivity index (χ1) is 9.07. The molecule has 8 heteroatoms. The van der Waals surface area contributed by atoms with Crippen molar-refractivity contribution in [2.45, 2.75) is 23.8 Å². The molecular formula is C11H15ClN4O2S. The molecule has 6 nitrogen and oxygen atoms in total. The number of hydrogen-bond donors (Lipinski definition) is 0. The molecule has 0 aliphatic carbocycles. The van der Waals surface area contributed by atoms with Crippen LogP contribution in [0.2, 0.25) is 5.28 Å². The van der Waals surface area contributed by atoms with E-state index in [1.807, 2.05) is 0 Å². The van der Waals surface area contributed by atoms with Crippen molar-refractivity contribution in [3.05, 3.63) is 17.7 Å². The fraction of sp³-hybridized carbons (Fsp3) is 0.636. The third kappa shape index (κ3) is 2.47. The minimum Gasteiger partial charge on any atom is -0.298 e. The zero-order valence-electron chi connectivity index (χ0n) is 10.4. The lowest BCUT2D eigenvalue weighted by molar-refractivity contribution is 0.158. The Kier molecular flexibility index (Phi) is 3.46. The zero-order valence-corrected chi connectivity index (χ0v) is 11.9. The molecule has 2 fully saturated rings. The van der Waals surface area contributed by atoms with Gasteiger partial charge in [0.1, 0.15) is 4.90 Å². The molecule has 1 aromatic heterocycles. The van der Waals surface area contributed by atoms with E-state index >= 15 is 0 Å². The molecule has 0 saturated carbocycles. The Morgan fingerprint density at radius 3 is 2.68 bits per heavy atom. The predicted molar refractivity (Wildman–Crippen MR) is 70.4 cm³/mol. The fourth-order valence-corrected chi connectivity index (χ4v) is 4.22. The van der Waals surface area contributed by atoms with Gasteiger partial charge in [-0.15, -0.1) is 0 Å². The highest BCUT2D eigenvalue weighted by molar-refractivity contribution is 7.89. The number of sulfonamides is 1. The number of halogens is 1. The predicted octanol–water partition coefficient (Wildman–Crippen LogP) is 0.599. The molecule has 0 spiro atoms. The average Bonchev–Trinajstić information content (AvgIpc) is 2.86. The van der Waals surface area contributed by atoms with E-state index in [0.717, 1.165) is 25.9 Å². The molecule has 0 amide bonds. The van der Waals surface area contributed by atoms with Crippen LogP contribution in [-0.2, 0) is 10.0 Å². The van der Waals surface area contributed by atoms with Crippen molar-refractivity contribution >= 4 is 21.6 Å². The molecule has 1 unspecified atom stereocenters. The Balaban J connectivity index is 1.82. The topological polar surface area (TPSA) is 66.4 Å². The van der Waals surface area contributed by atoms with Gasteiger partial charge < -0.3 is 0 Å². The first-order valence-corrected chi connectivity index (χ1v) is 8.11. The largest absolute Gasteiger partial charge is 0.298 e. The summed E-state index contributed by atoms with van der Waals surface area (Å²) >= 11 is 5.58. The van der Waals surface area contributed by atoms with E-state index in [2.05, 4.69) is 14.9 Å². The monoisotopic (exact) mass is 302 g/mol. The molecule has 0 aromatic carbocycles. The molecule has 3 heterocycles. The highest BCUT2D eigenvalue weighted by Crippen LogP contribution is 2.25. The summed E-state index contributed by atoms with van der Waals surface area (Å²) in [7, 11) is -3.49. The van der Waals surface area contributed by atoms with Crippen molar-refractivity contribution in [3.63, 3.8) is 0 Å². The zero-order chi connectivity index (χ0) is 13.5. The summed E-state index contributed by atoms with van der Waals surface area (Å²) in [5.74, 6) is 0. The maximum absolute atomic E-state index is 12.5. The normalized spacial score (nSPS) is 25.4. The fourth-order valence-electron chi connectivity index (χ4n) is 2.76. The molecule has 2 aliphatic rings. The van der Waals surface area contributed by atoms with Crippen LogP contribution in [0, 0.1) is 0 Å². The Hall–Kier alpha value is -0.760. The minimum absolute atomic E-state index is 0.0552. The lowest BCUT2D eigenvalue weighted by Crippen LogP contribution is -2.51. The van der Waals surface area contributed by atoms with Crippen LogP contribution in [0.1, 0.15) is 12.8 Å². The maximum atomic E-state index is 12.5. The number of piperazine rings is 1. The summed E-state index contributed by atoms with van der Waals surface area (Å²) in [4.78, 5) is 9.97. The Labute approximate surface area is 117 Å². The quantitative estimate of drug-likeness (QED) is 0.749. The van der Waals surface area contributed by atoms with Crippen molar-refractivity contribution in [2.75, 3.05) is 26.2 Å². The summed E-state index contributed by atoms with van der Waals surface area (Å²) in [6, 6.07) is 0.358. The van der Waals surface area contributed by atoms with Crippen LogP contribution < -0.4 is 0 Å². The summed E-state index contributed by atoms with van der Waals surface area (Å²) in [5, 5.41) is 0.0552. The maximum Gasteiger partial charge on any atom is 0.246 e. The van der Waals surface area contributed by atoms with Crippen LogP contribution in [0.5, 0.6) is 0 Å². The van der Waals surface area contributed by atoms with Gasteiger partial charge in [0.05, 0.1) is 12.4 Å². The Morgan fingerprint density at radius 1 is 1.21 bits per heavy atom. The number of rotatable bonds is 2. The summed E-state index contributed by atoms with van der Waals surface area (Å²) < 4.78 is 26.5. The molecule has 0 radical (unpaired) electrons. The molecular weight excluding hydrogens is 288 g/mol. The molecule has 104 valence electrons. The Morgan fingerprint density at radius 2 is 1.95 bits per heavy atom. The first kappa shape index (κ1) is 13.2. The lowest BCUT2D eigenvalue weighted by Gasteiger charge is -2.36. The second-order valence-corrected chi connectivity index (χ2v) is 7.16. The van der Waals surface area contributed by atoms with Crippen LogP contribution in [-0.4, -0.2) is 59.8 Å². The molecule has 2 saturated heterocycles. The number of hydrogen-bond acceptors (Lipinski definition) is 5. The van der Waals surface area contributed by atoms with E-state index in [1.54, 1.807) is 0 Å². The van der Waals surface area contributed by atoms with Gasteiger partial charge >= 0.3 is 0 Å². The molecule has 0 N–H and O–H groups in total. The van der Waals surface area contributed by atoms with Gasteiger partial charge in [0.15, 0.2) is 0 Å². The number of aromatic nitrogens is 2.